The maximum atomic E-state index is 12.1. The van der Waals surface area contributed by atoms with Crippen LogP contribution in [0.5, 0.6) is 0 Å². The minimum absolute atomic E-state index is 0.0862. The summed E-state index contributed by atoms with van der Waals surface area (Å²) in [6.07, 6.45) is -0.172. The van der Waals surface area contributed by atoms with E-state index in [9.17, 15) is 19.2 Å². The lowest BCUT2D eigenvalue weighted by Crippen LogP contribution is -2.44. The highest BCUT2D eigenvalue weighted by Crippen LogP contribution is 2.30. The van der Waals surface area contributed by atoms with Gasteiger partial charge in [0.25, 0.3) is 0 Å². The number of carbonyl (C=O) groups is 4. The zero-order chi connectivity index (χ0) is 14.8. The predicted molar refractivity (Wildman–Crippen MR) is 67.3 cm³/mol. The molecule has 106 valence electrons. The topological polar surface area (TPSA) is 77.5 Å². The summed E-state index contributed by atoms with van der Waals surface area (Å²) >= 11 is 0. The first-order chi connectivity index (χ1) is 8.68. The van der Waals surface area contributed by atoms with Crippen LogP contribution in [0.2, 0.25) is 0 Å². The first-order valence-electron chi connectivity index (χ1n) is 6.44. The van der Waals surface area contributed by atoms with Crippen LogP contribution in [0.25, 0.3) is 0 Å². The van der Waals surface area contributed by atoms with Crippen LogP contribution in [-0.2, 0) is 23.9 Å². The van der Waals surface area contributed by atoms with Crippen molar-refractivity contribution in [2.75, 3.05) is 6.61 Å². The summed E-state index contributed by atoms with van der Waals surface area (Å²) in [5, 5.41) is 0. The first-order valence-corrected chi connectivity index (χ1v) is 6.44. The van der Waals surface area contributed by atoms with E-state index in [1.54, 1.807) is 27.7 Å². The van der Waals surface area contributed by atoms with Gasteiger partial charge < -0.3 is 4.74 Å². The Morgan fingerprint density at radius 1 is 1.16 bits per heavy atom. The molecule has 0 N–H and O–H groups in total. The average Bonchev–Trinajstić information content (AvgIpc) is 2.26. The molecular formula is C14H20O5. The summed E-state index contributed by atoms with van der Waals surface area (Å²) in [6, 6.07) is 0. The summed E-state index contributed by atoms with van der Waals surface area (Å²) < 4.78 is 4.81. The van der Waals surface area contributed by atoms with Gasteiger partial charge in [-0.2, -0.15) is 0 Å². The molecule has 1 rings (SSSR count). The second kappa shape index (κ2) is 5.63. The van der Waals surface area contributed by atoms with E-state index in [1.165, 1.54) is 0 Å². The van der Waals surface area contributed by atoms with E-state index in [0.29, 0.717) is 0 Å². The molecule has 0 spiro atoms. The first kappa shape index (κ1) is 15.5. The van der Waals surface area contributed by atoms with E-state index in [1.807, 2.05) is 0 Å². The molecule has 1 saturated carbocycles. The highest BCUT2D eigenvalue weighted by Gasteiger charge is 2.45. The fourth-order valence-electron chi connectivity index (χ4n) is 2.13. The largest absolute Gasteiger partial charge is 0.466 e. The number of hydrogen-bond acceptors (Lipinski definition) is 5. The van der Waals surface area contributed by atoms with Crippen LogP contribution in [0.3, 0.4) is 0 Å². The van der Waals surface area contributed by atoms with Gasteiger partial charge in [-0.3, -0.25) is 19.2 Å². The molecule has 0 aliphatic heterocycles. The zero-order valence-electron chi connectivity index (χ0n) is 11.8. The molecule has 0 atom stereocenters. The van der Waals surface area contributed by atoms with Crippen LogP contribution in [0.1, 0.15) is 40.5 Å². The van der Waals surface area contributed by atoms with Crippen LogP contribution in [0.15, 0.2) is 0 Å². The molecule has 0 saturated heterocycles. The van der Waals surface area contributed by atoms with E-state index in [0.717, 1.165) is 0 Å². The highest BCUT2D eigenvalue weighted by molar-refractivity contribution is 6.22. The lowest BCUT2D eigenvalue weighted by molar-refractivity contribution is -0.157. The van der Waals surface area contributed by atoms with Crippen LogP contribution in [-0.4, -0.2) is 29.9 Å². The van der Waals surface area contributed by atoms with Crippen molar-refractivity contribution in [3.8, 4) is 0 Å². The fourth-order valence-corrected chi connectivity index (χ4v) is 2.13. The Morgan fingerprint density at radius 2 is 1.63 bits per heavy atom. The molecular weight excluding hydrogens is 248 g/mol. The minimum atomic E-state index is -1.20. The summed E-state index contributed by atoms with van der Waals surface area (Å²) in [5.74, 6) is -3.77. The molecule has 1 fully saturated rings. The van der Waals surface area contributed by atoms with E-state index in [2.05, 4.69) is 0 Å². The number of Topliss-reactive ketones (excluding diaryl/α,β-unsaturated/α-hetero) is 3. The second-order valence-electron chi connectivity index (χ2n) is 5.84. The quantitative estimate of drug-likeness (QED) is 0.570. The van der Waals surface area contributed by atoms with Crippen LogP contribution >= 0.6 is 0 Å². The van der Waals surface area contributed by atoms with Gasteiger partial charge in [0.2, 0.25) is 0 Å². The lowest BCUT2D eigenvalue weighted by Gasteiger charge is -2.28. The average molecular weight is 268 g/mol. The molecule has 5 nitrogen and oxygen atoms in total. The van der Waals surface area contributed by atoms with Crippen molar-refractivity contribution in [2.24, 2.45) is 17.3 Å². The molecule has 0 amide bonds. The van der Waals surface area contributed by atoms with Gasteiger partial charge in [0.1, 0.15) is 5.92 Å². The van der Waals surface area contributed by atoms with Crippen molar-refractivity contribution < 1.29 is 23.9 Å². The van der Waals surface area contributed by atoms with Gasteiger partial charge in [0, 0.05) is 18.3 Å². The molecule has 0 aromatic carbocycles. The third-order valence-electron chi connectivity index (χ3n) is 3.16. The third kappa shape index (κ3) is 3.49. The van der Waals surface area contributed by atoms with E-state index in [-0.39, 0.29) is 25.2 Å². The molecule has 0 aromatic heterocycles. The van der Waals surface area contributed by atoms with E-state index >= 15 is 0 Å². The van der Waals surface area contributed by atoms with Crippen molar-refractivity contribution in [1.82, 2.24) is 0 Å². The SMILES string of the molecule is CCOC(=O)C1CC(=O)C(C(=O)C(C)(C)C)C(=O)C1. The van der Waals surface area contributed by atoms with Crippen molar-refractivity contribution in [2.45, 2.75) is 40.5 Å². The molecule has 1 aliphatic rings. The number of ketones is 3. The Morgan fingerprint density at radius 3 is 2.00 bits per heavy atom. The van der Waals surface area contributed by atoms with Crippen molar-refractivity contribution in [3.05, 3.63) is 0 Å². The molecule has 0 heterocycles. The second-order valence-corrected chi connectivity index (χ2v) is 5.84. The van der Waals surface area contributed by atoms with Gasteiger partial charge in [-0.05, 0) is 6.92 Å². The summed E-state index contributed by atoms with van der Waals surface area (Å²) in [7, 11) is 0. The Labute approximate surface area is 112 Å². The normalized spacial score (nSPS) is 24.2. The lowest BCUT2D eigenvalue weighted by atomic mass is 9.72. The molecule has 0 radical (unpaired) electrons. The van der Waals surface area contributed by atoms with E-state index < -0.39 is 34.8 Å². The Hall–Kier alpha value is -1.52. The van der Waals surface area contributed by atoms with Gasteiger partial charge in [-0.15, -0.1) is 0 Å². The van der Waals surface area contributed by atoms with Crippen molar-refractivity contribution >= 4 is 23.3 Å². The van der Waals surface area contributed by atoms with E-state index in [4.69, 9.17) is 4.74 Å². The number of hydrogen-bond donors (Lipinski definition) is 0. The Balaban J connectivity index is 2.84. The number of carbonyl (C=O) groups excluding carboxylic acids is 4. The number of esters is 1. The number of rotatable bonds is 3. The maximum Gasteiger partial charge on any atom is 0.309 e. The molecule has 0 unspecified atom stereocenters. The van der Waals surface area contributed by atoms with Gasteiger partial charge in [0.15, 0.2) is 17.3 Å². The van der Waals surface area contributed by atoms with Gasteiger partial charge >= 0.3 is 5.97 Å². The smallest absolute Gasteiger partial charge is 0.309 e. The van der Waals surface area contributed by atoms with Gasteiger partial charge in [-0.25, -0.2) is 0 Å². The number of ether oxygens (including phenoxy) is 1. The van der Waals surface area contributed by atoms with Crippen LogP contribution < -0.4 is 0 Å². The highest BCUT2D eigenvalue weighted by atomic mass is 16.5. The molecule has 1 aliphatic carbocycles. The molecule has 19 heavy (non-hydrogen) atoms. The van der Waals surface area contributed by atoms with Crippen molar-refractivity contribution in [3.63, 3.8) is 0 Å². The van der Waals surface area contributed by atoms with Crippen LogP contribution in [0.4, 0.5) is 0 Å². The van der Waals surface area contributed by atoms with Gasteiger partial charge in [-0.1, -0.05) is 20.8 Å². The third-order valence-corrected chi connectivity index (χ3v) is 3.16. The van der Waals surface area contributed by atoms with Crippen LogP contribution in [0, 0.1) is 17.3 Å². The molecule has 5 heteroatoms. The maximum absolute atomic E-state index is 12.1. The molecule has 0 aromatic rings. The summed E-state index contributed by atoms with van der Waals surface area (Å²) in [4.78, 5) is 47.6. The minimum Gasteiger partial charge on any atom is -0.466 e. The molecule has 0 bridgehead atoms. The predicted octanol–water partition coefficient (Wildman–Crippen LogP) is 1.33. The summed E-state index contributed by atoms with van der Waals surface area (Å²) in [6.45, 7) is 6.90. The van der Waals surface area contributed by atoms with Crippen molar-refractivity contribution in [1.29, 1.82) is 0 Å². The fraction of sp³-hybridized carbons (Fsp3) is 0.714. The zero-order valence-corrected chi connectivity index (χ0v) is 11.8. The Bertz CT molecular complexity index is 398. The monoisotopic (exact) mass is 268 g/mol. The standard InChI is InChI=1S/C14H20O5/c1-5-19-13(18)8-6-9(15)11(10(16)7-8)12(17)14(2,3)4/h8,11H,5-7H2,1-4H3. The van der Waals surface area contributed by atoms with Gasteiger partial charge in [0.05, 0.1) is 12.5 Å². The summed E-state index contributed by atoms with van der Waals surface area (Å²) in [5.41, 5.74) is -0.743. The Kier molecular flexibility index (Phi) is 4.61.